The van der Waals surface area contributed by atoms with Crippen molar-refractivity contribution in [3.63, 3.8) is 0 Å². The third-order valence-corrected chi connectivity index (χ3v) is 6.80. The summed E-state index contributed by atoms with van der Waals surface area (Å²) in [7, 11) is -2.88. The first-order chi connectivity index (χ1) is 9.59. The van der Waals surface area contributed by atoms with Gasteiger partial charge in [0.1, 0.15) is 0 Å². The van der Waals surface area contributed by atoms with Gasteiger partial charge < -0.3 is 4.90 Å². The van der Waals surface area contributed by atoms with Gasteiger partial charge >= 0.3 is 0 Å². The predicted octanol–water partition coefficient (Wildman–Crippen LogP) is 2.17. The molecule has 0 amide bonds. The van der Waals surface area contributed by atoms with Gasteiger partial charge in [-0.1, -0.05) is 36.9 Å². The number of benzene rings is 1. The van der Waals surface area contributed by atoms with E-state index in [2.05, 4.69) is 28.9 Å². The molecule has 0 saturated carbocycles. The largest absolute Gasteiger partial charge is 0.321 e. The average molecular weight is 310 g/mol. The fourth-order valence-corrected chi connectivity index (χ4v) is 6.44. The van der Waals surface area contributed by atoms with E-state index in [9.17, 15) is 8.42 Å². The van der Waals surface area contributed by atoms with Crippen molar-refractivity contribution in [2.24, 2.45) is 4.99 Å². The van der Waals surface area contributed by atoms with Gasteiger partial charge in [-0.3, -0.25) is 4.99 Å². The average Bonchev–Trinajstić information content (AvgIpc) is 2.90. The van der Waals surface area contributed by atoms with Crippen molar-refractivity contribution in [3.8, 4) is 0 Å². The van der Waals surface area contributed by atoms with Crippen LogP contribution in [0.1, 0.15) is 13.3 Å². The number of aliphatic imine (C=N–C) groups is 1. The maximum atomic E-state index is 11.6. The first kappa shape index (κ1) is 13.9. The molecule has 0 unspecified atom stereocenters. The van der Waals surface area contributed by atoms with E-state index in [1.54, 1.807) is 11.8 Å². The molecule has 3 rings (SSSR count). The summed E-state index contributed by atoms with van der Waals surface area (Å²) < 4.78 is 23.2. The van der Waals surface area contributed by atoms with Gasteiger partial charge in [-0.2, -0.15) is 0 Å². The third kappa shape index (κ3) is 2.72. The van der Waals surface area contributed by atoms with Crippen LogP contribution < -0.4 is 4.90 Å². The van der Waals surface area contributed by atoms with E-state index in [1.807, 2.05) is 18.2 Å². The summed E-state index contributed by atoms with van der Waals surface area (Å²) >= 11 is 1.62. The van der Waals surface area contributed by atoms with E-state index in [1.165, 1.54) is 0 Å². The Bertz CT molecular complexity index is 613. The summed E-state index contributed by atoms with van der Waals surface area (Å²) in [5.74, 6) is 0.479. The Morgan fingerprint density at radius 1 is 1.30 bits per heavy atom. The molecule has 0 aliphatic carbocycles. The second kappa shape index (κ2) is 5.41. The molecule has 2 aliphatic heterocycles. The maximum Gasteiger partial charge on any atom is 0.164 e. The Morgan fingerprint density at radius 3 is 2.70 bits per heavy atom. The summed E-state index contributed by atoms with van der Waals surface area (Å²) in [5.41, 5.74) is 1.13. The highest BCUT2D eigenvalue weighted by Crippen LogP contribution is 2.36. The van der Waals surface area contributed by atoms with Crippen molar-refractivity contribution in [2.45, 2.75) is 24.6 Å². The van der Waals surface area contributed by atoms with E-state index in [0.29, 0.717) is 0 Å². The smallest absolute Gasteiger partial charge is 0.164 e. The molecule has 1 aromatic carbocycles. The van der Waals surface area contributed by atoms with E-state index in [0.717, 1.165) is 23.8 Å². The Hall–Kier alpha value is -1.01. The van der Waals surface area contributed by atoms with Gasteiger partial charge in [0.05, 0.1) is 17.5 Å². The minimum Gasteiger partial charge on any atom is -0.321 e. The van der Waals surface area contributed by atoms with Crippen LogP contribution in [0, 0.1) is 0 Å². The Labute approximate surface area is 124 Å². The standard InChI is InChI=1S/C14H18N2O2S2/c1-2-8-16(11-6-4-3-5-7-11)14-15-12-9-20(17,18)10-13(12)19-14/h3-7,12-13H,2,8-10H2,1H3/t12-,13+/m1/s1. The van der Waals surface area contributed by atoms with Gasteiger partial charge in [0.25, 0.3) is 0 Å². The van der Waals surface area contributed by atoms with Crippen LogP contribution in [0.3, 0.4) is 0 Å². The number of thioether (sulfide) groups is 1. The Kier molecular flexibility index (Phi) is 3.77. The molecule has 1 fully saturated rings. The van der Waals surface area contributed by atoms with Crippen molar-refractivity contribution in [2.75, 3.05) is 23.0 Å². The monoisotopic (exact) mass is 310 g/mol. The van der Waals surface area contributed by atoms with Crippen molar-refractivity contribution < 1.29 is 8.42 Å². The van der Waals surface area contributed by atoms with Crippen LogP contribution in [0.5, 0.6) is 0 Å². The Morgan fingerprint density at radius 2 is 2.05 bits per heavy atom. The number of sulfone groups is 1. The molecule has 4 nitrogen and oxygen atoms in total. The summed E-state index contributed by atoms with van der Waals surface area (Å²) in [6.07, 6.45) is 1.03. The van der Waals surface area contributed by atoms with Crippen LogP contribution >= 0.6 is 11.8 Å². The van der Waals surface area contributed by atoms with Crippen LogP contribution in [0.4, 0.5) is 5.69 Å². The molecular weight excluding hydrogens is 292 g/mol. The number of nitrogens with zero attached hydrogens (tertiary/aromatic N) is 2. The highest BCUT2D eigenvalue weighted by molar-refractivity contribution is 8.15. The minimum atomic E-state index is -2.88. The van der Waals surface area contributed by atoms with Gasteiger partial charge in [-0.05, 0) is 18.6 Å². The van der Waals surface area contributed by atoms with E-state index in [-0.39, 0.29) is 22.8 Å². The highest BCUT2D eigenvalue weighted by Gasteiger charge is 2.43. The lowest BCUT2D eigenvalue weighted by Crippen LogP contribution is -2.29. The molecule has 0 spiro atoms. The lowest BCUT2D eigenvalue weighted by Gasteiger charge is -2.23. The van der Waals surface area contributed by atoms with Crippen LogP contribution in [0.25, 0.3) is 0 Å². The molecule has 0 N–H and O–H groups in total. The van der Waals surface area contributed by atoms with E-state index in [4.69, 9.17) is 0 Å². The molecule has 20 heavy (non-hydrogen) atoms. The number of amidine groups is 1. The second-order valence-electron chi connectivity index (χ2n) is 5.20. The quantitative estimate of drug-likeness (QED) is 0.858. The van der Waals surface area contributed by atoms with E-state index >= 15 is 0 Å². The molecule has 108 valence electrons. The van der Waals surface area contributed by atoms with Gasteiger partial charge in [0.15, 0.2) is 15.0 Å². The van der Waals surface area contributed by atoms with Crippen molar-refractivity contribution >= 4 is 32.5 Å². The molecule has 6 heteroatoms. The normalized spacial score (nSPS) is 27.1. The molecule has 1 aromatic rings. The zero-order valence-electron chi connectivity index (χ0n) is 11.4. The number of anilines is 1. The SMILES string of the molecule is CCCN(C1=N[C@@H]2CS(=O)(=O)C[C@@H]2S1)c1ccccc1. The first-order valence-electron chi connectivity index (χ1n) is 6.86. The molecule has 2 atom stereocenters. The molecule has 2 heterocycles. The molecule has 0 radical (unpaired) electrons. The van der Waals surface area contributed by atoms with Crippen LogP contribution in [0.15, 0.2) is 35.3 Å². The topological polar surface area (TPSA) is 49.7 Å². The lowest BCUT2D eigenvalue weighted by molar-refractivity contribution is 0.601. The molecule has 0 aromatic heterocycles. The third-order valence-electron chi connectivity index (χ3n) is 3.55. The van der Waals surface area contributed by atoms with Crippen molar-refractivity contribution in [3.05, 3.63) is 30.3 Å². The number of hydrogen-bond donors (Lipinski definition) is 0. The van der Waals surface area contributed by atoms with Crippen LogP contribution in [-0.2, 0) is 9.84 Å². The van der Waals surface area contributed by atoms with Gasteiger partial charge in [-0.15, -0.1) is 0 Å². The molecule has 2 aliphatic rings. The van der Waals surface area contributed by atoms with Crippen molar-refractivity contribution in [1.29, 1.82) is 0 Å². The maximum absolute atomic E-state index is 11.6. The summed E-state index contributed by atoms with van der Waals surface area (Å²) in [4.78, 5) is 6.87. The number of fused-ring (bicyclic) bond motifs is 1. The summed E-state index contributed by atoms with van der Waals surface area (Å²) in [6, 6.07) is 10.1. The number of rotatable bonds is 3. The fraction of sp³-hybridized carbons (Fsp3) is 0.500. The van der Waals surface area contributed by atoms with Crippen LogP contribution in [0.2, 0.25) is 0 Å². The molecular formula is C14H18N2O2S2. The zero-order valence-corrected chi connectivity index (χ0v) is 13.0. The van der Waals surface area contributed by atoms with Gasteiger partial charge in [0, 0.05) is 17.5 Å². The predicted molar refractivity (Wildman–Crippen MR) is 85.3 cm³/mol. The van der Waals surface area contributed by atoms with Crippen molar-refractivity contribution in [1.82, 2.24) is 0 Å². The Balaban J connectivity index is 1.84. The van der Waals surface area contributed by atoms with Gasteiger partial charge in [-0.25, -0.2) is 8.42 Å². The first-order valence-corrected chi connectivity index (χ1v) is 9.56. The number of hydrogen-bond acceptors (Lipinski definition) is 5. The second-order valence-corrected chi connectivity index (χ2v) is 8.56. The molecule has 1 saturated heterocycles. The molecule has 0 bridgehead atoms. The van der Waals surface area contributed by atoms with Crippen LogP contribution in [-0.4, -0.2) is 42.9 Å². The fourth-order valence-electron chi connectivity index (χ4n) is 2.64. The summed E-state index contributed by atoms with van der Waals surface area (Å²) in [6.45, 7) is 3.05. The zero-order chi connectivity index (χ0) is 14.2. The minimum absolute atomic E-state index is 0.0527. The van der Waals surface area contributed by atoms with E-state index < -0.39 is 9.84 Å². The number of para-hydroxylation sites is 1. The summed E-state index contributed by atoms with van der Waals surface area (Å²) in [5, 5.41) is 1.08. The highest BCUT2D eigenvalue weighted by atomic mass is 32.2. The van der Waals surface area contributed by atoms with Gasteiger partial charge in [0.2, 0.25) is 0 Å². The lowest BCUT2D eigenvalue weighted by atomic mass is 10.3.